The largest absolute Gasteiger partial charge is 0.457 e. The lowest BCUT2D eigenvalue weighted by Crippen LogP contribution is -2.33. The predicted molar refractivity (Wildman–Crippen MR) is 86.6 cm³/mol. The highest BCUT2D eigenvalue weighted by atomic mass is 16.5. The molecule has 0 N–H and O–H groups in total. The molecular formula is C19H23NO. The van der Waals surface area contributed by atoms with E-state index >= 15 is 0 Å². The number of ether oxygens (including phenoxy) is 1. The number of likely N-dealkylation sites (tertiary alicyclic amines) is 1. The van der Waals surface area contributed by atoms with Gasteiger partial charge in [-0.25, -0.2) is 0 Å². The Hall–Kier alpha value is -1.80. The average molecular weight is 281 g/mol. The molecule has 2 heteroatoms. The van der Waals surface area contributed by atoms with Crippen LogP contribution in [0.2, 0.25) is 0 Å². The van der Waals surface area contributed by atoms with Crippen LogP contribution >= 0.6 is 0 Å². The van der Waals surface area contributed by atoms with Gasteiger partial charge in [0.05, 0.1) is 0 Å². The minimum absolute atomic E-state index is 0.822. The van der Waals surface area contributed by atoms with Crippen LogP contribution in [0.1, 0.15) is 25.3 Å². The molecule has 1 aliphatic rings. The second-order valence-electron chi connectivity index (χ2n) is 6.05. The van der Waals surface area contributed by atoms with Gasteiger partial charge in [0.1, 0.15) is 11.5 Å². The molecule has 21 heavy (non-hydrogen) atoms. The fourth-order valence-corrected chi connectivity index (χ4v) is 3.02. The first kappa shape index (κ1) is 14.2. The first-order valence-electron chi connectivity index (χ1n) is 7.84. The molecule has 0 aliphatic carbocycles. The topological polar surface area (TPSA) is 12.5 Å². The van der Waals surface area contributed by atoms with Crippen LogP contribution in [0.25, 0.3) is 0 Å². The molecule has 1 atom stereocenters. The smallest absolute Gasteiger partial charge is 0.127 e. The lowest BCUT2D eigenvalue weighted by atomic mass is 10.00. The second kappa shape index (κ2) is 6.77. The molecule has 0 bridgehead atoms. The van der Waals surface area contributed by atoms with Gasteiger partial charge in [-0.1, -0.05) is 37.3 Å². The summed E-state index contributed by atoms with van der Waals surface area (Å²) in [7, 11) is 0. The van der Waals surface area contributed by atoms with Gasteiger partial charge in [0, 0.05) is 13.1 Å². The first-order valence-corrected chi connectivity index (χ1v) is 7.84. The van der Waals surface area contributed by atoms with Crippen molar-refractivity contribution in [3.63, 3.8) is 0 Å². The first-order chi connectivity index (χ1) is 10.3. The third kappa shape index (κ3) is 4.08. The van der Waals surface area contributed by atoms with Crippen LogP contribution in [0.5, 0.6) is 11.5 Å². The monoisotopic (exact) mass is 281 g/mol. The predicted octanol–water partition coefficient (Wildman–Crippen LogP) is 4.71. The zero-order valence-corrected chi connectivity index (χ0v) is 12.7. The molecule has 2 nitrogen and oxygen atoms in total. The normalized spacial score (nSPS) is 19.4. The molecule has 1 saturated heterocycles. The van der Waals surface area contributed by atoms with Gasteiger partial charge in [0.15, 0.2) is 0 Å². The maximum absolute atomic E-state index is 5.91. The van der Waals surface area contributed by atoms with E-state index in [1.54, 1.807) is 0 Å². The van der Waals surface area contributed by atoms with Crippen LogP contribution < -0.4 is 4.74 Å². The molecule has 0 unspecified atom stereocenters. The maximum Gasteiger partial charge on any atom is 0.127 e. The summed E-state index contributed by atoms with van der Waals surface area (Å²) in [5.74, 6) is 2.63. The summed E-state index contributed by atoms with van der Waals surface area (Å²) >= 11 is 0. The summed E-state index contributed by atoms with van der Waals surface area (Å²) in [4.78, 5) is 2.55. The maximum atomic E-state index is 5.91. The van der Waals surface area contributed by atoms with E-state index < -0.39 is 0 Å². The van der Waals surface area contributed by atoms with Crippen molar-refractivity contribution in [3.8, 4) is 11.5 Å². The molecule has 0 aromatic heterocycles. The van der Waals surface area contributed by atoms with Gasteiger partial charge in [0.25, 0.3) is 0 Å². The van der Waals surface area contributed by atoms with E-state index in [2.05, 4.69) is 30.0 Å². The van der Waals surface area contributed by atoms with Crippen LogP contribution in [-0.2, 0) is 6.54 Å². The molecule has 1 heterocycles. The van der Waals surface area contributed by atoms with Crippen molar-refractivity contribution in [3.05, 3.63) is 60.2 Å². The Kier molecular flexibility index (Phi) is 4.56. The number of benzene rings is 2. The molecule has 1 fully saturated rings. The summed E-state index contributed by atoms with van der Waals surface area (Å²) in [6.07, 6.45) is 2.69. The van der Waals surface area contributed by atoms with Crippen molar-refractivity contribution in [2.75, 3.05) is 13.1 Å². The van der Waals surface area contributed by atoms with E-state index in [4.69, 9.17) is 4.74 Å². The summed E-state index contributed by atoms with van der Waals surface area (Å²) < 4.78 is 5.91. The van der Waals surface area contributed by atoms with Gasteiger partial charge in [-0.3, -0.25) is 4.90 Å². The molecule has 2 aromatic rings. The van der Waals surface area contributed by atoms with E-state index in [-0.39, 0.29) is 0 Å². The van der Waals surface area contributed by atoms with E-state index in [0.29, 0.717) is 0 Å². The Morgan fingerprint density at radius 3 is 2.67 bits per heavy atom. The van der Waals surface area contributed by atoms with Gasteiger partial charge < -0.3 is 4.74 Å². The molecule has 110 valence electrons. The van der Waals surface area contributed by atoms with Crippen LogP contribution in [-0.4, -0.2) is 18.0 Å². The molecule has 3 rings (SSSR count). The minimum Gasteiger partial charge on any atom is -0.457 e. The van der Waals surface area contributed by atoms with Crippen LogP contribution in [0, 0.1) is 5.92 Å². The Bertz CT molecular complexity index is 567. The van der Waals surface area contributed by atoms with Crippen molar-refractivity contribution >= 4 is 0 Å². The molecule has 0 saturated carbocycles. The third-order valence-corrected chi connectivity index (χ3v) is 4.02. The van der Waals surface area contributed by atoms with Gasteiger partial charge in [-0.05, 0) is 55.1 Å². The number of nitrogens with zero attached hydrogens (tertiary/aromatic N) is 1. The highest BCUT2D eigenvalue weighted by Gasteiger charge is 2.16. The summed E-state index contributed by atoms with van der Waals surface area (Å²) in [5.41, 5.74) is 1.33. The van der Waals surface area contributed by atoms with Gasteiger partial charge in [-0.2, -0.15) is 0 Å². The second-order valence-corrected chi connectivity index (χ2v) is 6.05. The number of hydrogen-bond donors (Lipinski definition) is 0. The lowest BCUT2D eigenvalue weighted by molar-refractivity contribution is 0.176. The van der Waals surface area contributed by atoms with Crippen molar-refractivity contribution in [1.82, 2.24) is 4.90 Å². The van der Waals surface area contributed by atoms with E-state index in [1.165, 1.54) is 31.5 Å². The fourth-order valence-electron chi connectivity index (χ4n) is 3.02. The number of hydrogen-bond acceptors (Lipinski definition) is 2. The van der Waals surface area contributed by atoms with Gasteiger partial charge in [0.2, 0.25) is 0 Å². The summed E-state index contributed by atoms with van der Waals surface area (Å²) in [6.45, 7) is 5.80. The quantitative estimate of drug-likeness (QED) is 0.804. The van der Waals surface area contributed by atoms with Crippen molar-refractivity contribution in [2.45, 2.75) is 26.3 Å². The Morgan fingerprint density at radius 2 is 1.86 bits per heavy atom. The SMILES string of the molecule is C[C@H]1CCCN(Cc2cccc(Oc3ccccc3)c2)C1. The molecule has 0 radical (unpaired) electrons. The zero-order chi connectivity index (χ0) is 14.5. The van der Waals surface area contributed by atoms with Crippen LogP contribution in [0.3, 0.4) is 0 Å². The zero-order valence-electron chi connectivity index (χ0n) is 12.7. The van der Waals surface area contributed by atoms with Crippen LogP contribution in [0.15, 0.2) is 54.6 Å². The van der Waals surface area contributed by atoms with Crippen molar-refractivity contribution in [1.29, 1.82) is 0 Å². The van der Waals surface area contributed by atoms with Crippen molar-refractivity contribution in [2.24, 2.45) is 5.92 Å². The van der Waals surface area contributed by atoms with Crippen molar-refractivity contribution < 1.29 is 4.74 Å². The molecule has 1 aliphatic heterocycles. The highest BCUT2D eigenvalue weighted by Crippen LogP contribution is 2.23. The van der Waals surface area contributed by atoms with Crippen LogP contribution in [0.4, 0.5) is 0 Å². The van der Waals surface area contributed by atoms with E-state index in [0.717, 1.165) is 24.0 Å². The third-order valence-electron chi connectivity index (χ3n) is 4.02. The van der Waals surface area contributed by atoms with E-state index in [1.807, 2.05) is 36.4 Å². The summed E-state index contributed by atoms with van der Waals surface area (Å²) in [5, 5.41) is 0. The molecular weight excluding hydrogens is 258 g/mol. The number of piperidine rings is 1. The Morgan fingerprint density at radius 1 is 1.05 bits per heavy atom. The average Bonchev–Trinajstić information content (AvgIpc) is 2.49. The molecule has 0 amide bonds. The number of rotatable bonds is 4. The summed E-state index contributed by atoms with van der Waals surface area (Å²) in [6, 6.07) is 18.4. The molecule has 2 aromatic carbocycles. The van der Waals surface area contributed by atoms with Gasteiger partial charge in [-0.15, -0.1) is 0 Å². The number of para-hydroxylation sites is 1. The highest BCUT2D eigenvalue weighted by molar-refractivity contribution is 5.33. The standard InChI is InChI=1S/C19H23NO/c1-16-7-6-12-20(14-16)15-17-8-5-11-19(13-17)21-18-9-3-2-4-10-18/h2-5,8-11,13,16H,6-7,12,14-15H2,1H3/t16-/m0/s1. The van der Waals surface area contributed by atoms with Gasteiger partial charge >= 0.3 is 0 Å². The Balaban J connectivity index is 1.65. The minimum atomic E-state index is 0.822. The Labute approximate surface area is 127 Å². The lowest BCUT2D eigenvalue weighted by Gasteiger charge is -2.30. The molecule has 0 spiro atoms. The van der Waals surface area contributed by atoms with E-state index in [9.17, 15) is 0 Å². The fraction of sp³-hybridized carbons (Fsp3) is 0.368.